The van der Waals surface area contributed by atoms with Crippen molar-refractivity contribution in [2.45, 2.75) is 19.5 Å². The Morgan fingerprint density at radius 1 is 1.45 bits per heavy atom. The fourth-order valence-corrected chi connectivity index (χ4v) is 2.19. The number of aromatic nitrogens is 2. The highest BCUT2D eigenvalue weighted by atomic mass is 35.5. The van der Waals surface area contributed by atoms with Crippen molar-refractivity contribution < 1.29 is 4.79 Å². The van der Waals surface area contributed by atoms with Gasteiger partial charge in [0.15, 0.2) is 0 Å². The summed E-state index contributed by atoms with van der Waals surface area (Å²) in [5.41, 5.74) is 8.35. The maximum absolute atomic E-state index is 11.6. The Morgan fingerprint density at radius 3 is 2.60 bits per heavy atom. The van der Waals surface area contributed by atoms with E-state index >= 15 is 0 Å². The van der Waals surface area contributed by atoms with Gasteiger partial charge in [-0.1, -0.05) is 23.7 Å². The number of aryl methyl sites for hydroxylation is 2. The second-order valence-electron chi connectivity index (χ2n) is 4.67. The largest absolute Gasteiger partial charge is 0.368 e. The summed E-state index contributed by atoms with van der Waals surface area (Å²) in [4.78, 5) is 11.6. The molecule has 20 heavy (non-hydrogen) atoms. The average molecular weight is 293 g/mol. The van der Waals surface area contributed by atoms with Crippen molar-refractivity contribution in [3.8, 4) is 0 Å². The number of amides is 1. The van der Waals surface area contributed by atoms with E-state index < -0.39 is 11.9 Å². The minimum Gasteiger partial charge on any atom is -0.368 e. The first-order chi connectivity index (χ1) is 9.49. The molecular formula is C14H17ClN4O. The molecule has 6 heteroatoms. The van der Waals surface area contributed by atoms with Crippen LogP contribution in [0.3, 0.4) is 0 Å². The molecule has 2 aromatic rings. The highest BCUT2D eigenvalue weighted by Gasteiger charge is 2.18. The summed E-state index contributed by atoms with van der Waals surface area (Å²) in [6.07, 6.45) is 1.79. The zero-order valence-electron chi connectivity index (χ0n) is 11.4. The number of hydrogen-bond donors (Lipinski definition) is 2. The van der Waals surface area contributed by atoms with Crippen molar-refractivity contribution in [1.82, 2.24) is 15.1 Å². The third-order valence-electron chi connectivity index (χ3n) is 3.23. The molecule has 106 valence electrons. The van der Waals surface area contributed by atoms with Crippen LogP contribution in [-0.4, -0.2) is 15.7 Å². The fourth-order valence-electron chi connectivity index (χ4n) is 2.06. The van der Waals surface area contributed by atoms with Crippen LogP contribution < -0.4 is 11.1 Å². The number of hydrogen-bond acceptors (Lipinski definition) is 3. The molecule has 1 heterocycles. The Balaban J connectivity index is 2.15. The third-order valence-corrected chi connectivity index (χ3v) is 3.48. The molecular weight excluding hydrogens is 276 g/mol. The van der Waals surface area contributed by atoms with Crippen molar-refractivity contribution in [1.29, 1.82) is 0 Å². The van der Waals surface area contributed by atoms with E-state index in [0.717, 1.165) is 16.8 Å². The third kappa shape index (κ3) is 3.18. The molecule has 0 aliphatic carbocycles. The standard InChI is InChI=1S/C14H17ClN4O/c1-9-7-18-19(2)12(9)8-17-13(14(16)20)10-3-5-11(15)6-4-10/h3-7,13,17H,8H2,1-2H3,(H2,16,20). The van der Waals surface area contributed by atoms with Gasteiger partial charge < -0.3 is 5.73 Å². The lowest BCUT2D eigenvalue weighted by molar-refractivity contribution is -0.120. The fraction of sp³-hybridized carbons (Fsp3) is 0.286. The second kappa shape index (κ2) is 6.07. The van der Waals surface area contributed by atoms with Gasteiger partial charge in [-0.3, -0.25) is 14.8 Å². The number of carbonyl (C=O) groups is 1. The number of rotatable bonds is 5. The molecule has 5 nitrogen and oxygen atoms in total. The van der Waals surface area contributed by atoms with E-state index in [1.165, 1.54) is 0 Å². The molecule has 1 unspecified atom stereocenters. The molecule has 1 aromatic heterocycles. The molecule has 1 atom stereocenters. The topological polar surface area (TPSA) is 72.9 Å². The van der Waals surface area contributed by atoms with Gasteiger partial charge in [0.2, 0.25) is 5.91 Å². The molecule has 1 amide bonds. The van der Waals surface area contributed by atoms with Gasteiger partial charge in [-0.15, -0.1) is 0 Å². The summed E-state index contributed by atoms with van der Waals surface area (Å²) < 4.78 is 1.78. The number of halogens is 1. The van der Waals surface area contributed by atoms with Crippen LogP contribution in [0.1, 0.15) is 22.9 Å². The summed E-state index contributed by atoms with van der Waals surface area (Å²) in [7, 11) is 1.87. The maximum Gasteiger partial charge on any atom is 0.239 e. The zero-order chi connectivity index (χ0) is 14.7. The minimum atomic E-state index is -0.554. The van der Waals surface area contributed by atoms with Crippen LogP contribution in [0.5, 0.6) is 0 Å². The maximum atomic E-state index is 11.6. The summed E-state index contributed by atoms with van der Waals surface area (Å²) in [5.74, 6) is -0.424. The van der Waals surface area contributed by atoms with Crippen LogP contribution >= 0.6 is 11.6 Å². The Bertz CT molecular complexity index is 587. The van der Waals surface area contributed by atoms with E-state index in [9.17, 15) is 4.79 Å². The van der Waals surface area contributed by atoms with Crippen LogP contribution in [0.4, 0.5) is 0 Å². The first-order valence-corrected chi connectivity index (χ1v) is 6.62. The predicted octanol–water partition coefficient (Wildman–Crippen LogP) is 1.70. The van der Waals surface area contributed by atoms with E-state index in [1.807, 2.05) is 14.0 Å². The smallest absolute Gasteiger partial charge is 0.239 e. The van der Waals surface area contributed by atoms with Crippen LogP contribution in [-0.2, 0) is 18.4 Å². The van der Waals surface area contributed by atoms with Crippen molar-refractivity contribution in [3.63, 3.8) is 0 Å². The molecule has 0 spiro atoms. The van der Waals surface area contributed by atoms with Crippen molar-refractivity contribution in [2.24, 2.45) is 12.8 Å². The highest BCUT2D eigenvalue weighted by molar-refractivity contribution is 6.30. The van der Waals surface area contributed by atoms with E-state index in [-0.39, 0.29) is 0 Å². The molecule has 1 aromatic carbocycles. The van der Waals surface area contributed by atoms with Gasteiger partial charge in [0.25, 0.3) is 0 Å². The summed E-state index contributed by atoms with van der Waals surface area (Å²) in [6.45, 7) is 2.49. The molecule has 0 bridgehead atoms. The number of nitrogens with zero attached hydrogens (tertiary/aromatic N) is 2. The quantitative estimate of drug-likeness (QED) is 0.881. The van der Waals surface area contributed by atoms with E-state index in [1.54, 1.807) is 35.1 Å². The van der Waals surface area contributed by atoms with Gasteiger partial charge in [-0.2, -0.15) is 5.10 Å². The lowest BCUT2D eigenvalue weighted by Gasteiger charge is -2.16. The molecule has 2 rings (SSSR count). The van der Waals surface area contributed by atoms with Crippen LogP contribution in [0.2, 0.25) is 5.02 Å². The lowest BCUT2D eigenvalue weighted by Crippen LogP contribution is -2.33. The highest BCUT2D eigenvalue weighted by Crippen LogP contribution is 2.17. The van der Waals surface area contributed by atoms with E-state index in [2.05, 4.69) is 10.4 Å². The number of nitrogens with two attached hydrogens (primary N) is 1. The Hall–Kier alpha value is -1.85. The molecule has 0 aliphatic heterocycles. The monoisotopic (exact) mass is 292 g/mol. The van der Waals surface area contributed by atoms with Gasteiger partial charge in [0.1, 0.15) is 6.04 Å². The minimum absolute atomic E-state index is 0.424. The van der Waals surface area contributed by atoms with Crippen LogP contribution in [0.25, 0.3) is 0 Å². The first-order valence-electron chi connectivity index (χ1n) is 6.24. The van der Waals surface area contributed by atoms with Gasteiger partial charge in [0.05, 0.1) is 11.9 Å². The van der Waals surface area contributed by atoms with Crippen LogP contribution in [0, 0.1) is 6.92 Å². The van der Waals surface area contributed by atoms with E-state index in [4.69, 9.17) is 17.3 Å². The molecule has 0 fully saturated rings. The van der Waals surface area contributed by atoms with E-state index in [0.29, 0.717) is 11.6 Å². The number of benzene rings is 1. The SMILES string of the molecule is Cc1cnn(C)c1CNC(C(N)=O)c1ccc(Cl)cc1. The van der Waals surface area contributed by atoms with Crippen molar-refractivity contribution in [3.05, 3.63) is 52.3 Å². The molecule has 0 saturated heterocycles. The van der Waals surface area contributed by atoms with Gasteiger partial charge >= 0.3 is 0 Å². The zero-order valence-corrected chi connectivity index (χ0v) is 12.2. The van der Waals surface area contributed by atoms with Gasteiger partial charge in [-0.25, -0.2) is 0 Å². The Labute approximate surface area is 122 Å². The Morgan fingerprint density at radius 2 is 2.10 bits per heavy atom. The number of nitrogens with one attached hydrogen (secondary N) is 1. The second-order valence-corrected chi connectivity index (χ2v) is 5.10. The summed E-state index contributed by atoms with van der Waals surface area (Å²) in [5, 5.41) is 7.95. The Kier molecular flexibility index (Phi) is 4.42. The predicted molar refractivity (Wildman–Crippen MR) is 78.2 cm³/mol. The molecule has 0 radical (unpaired) electrons. The molecule has 0 saturated carbocycles. The lowest BCUT2D eigenvalue weighted by atomic mass is 10.1. The average Bonchev–Trinajstić information content (AvgIpc) is 2.72. The first kappa shape index (κ1) is 14.6. The van der Waals surface area contributed by atoms with Crippen LogP contribution in [0.15, 0.2) is 30.5 Å². The van der Waals surface area contributed by atoms with Gasteiger partial charge in [-0.05, 0) is 30.2 Å². The summed E-state index contributed by atoms with van der Waals surface area (Å²) in [6, 6.07) is 6.51. The van der Waals surface area contributed by atoms with Crippen molar-refractivity contribution in [2.75, 3.05) is 0 Å². The normalized spacial score (nSPS) is 12.3. The van der Waals surface area contributed by atoms with Crippen molar-refractivity contribution >= 4 is 17.5 Å². The molecule has 3 N–H and O–H groups in total. The summed E-state index contributed by atoms with van der Waals surface area (Å²) >= 11 is 5.85. The number of carbonyl (C=O) groups excluding carboxylic acids is 1. The van der Waals surface area contributed by atoms with Gasteiger partial charge in [0, 0.05) is 18.6 Å². The molecule has 0 aliphatic rings. The number of primary amides is 1.